The quantitative estimate of drug-likeness (QED) is 0.725. The van der Waals surface area contributed by atoms with Gasteiger partial charge in [0.05, 0.1) is 17.6 Å². The Kier molecular flexibility index (Phi) is 6.02. The largest absolute Gasteiger partial charge is 0.384 e. The van der Waals surface area contributed by atoms with Crippen LogP contribution in [-0.2, 0) is 29.5 Å². The monoisotopic (exact) mass is 372 g/mol. The molecule has 0 aliphatic carbocycles. The normalized spacial score (nSPS) is 16.6. The van der Waals surface area contributed by atoms with Crippen molar-refractivity contribution in [3.05, 3.63) is 23.2 Å². The molecule has 2 rings (SSSR count). The minimum atomic E-state index is -3.78. The van der Waals surface area contributed by atoms with Crippen LogP contribution in [0.5, 0.6) is 0 Å². The smallest absolute Gasteiger partial charge is 0.268 e. The zero-order valence-electron chi connectivity index (χ0n) is 14.7. The second-order valence-corrected chi connectivity index (χ2v) is 8.88. The molecule has 1 aromatic heterocycles. The number of nitrogens with zero attached hydrogens (tertiary/aromatic N) is 1. The Hall–Kier alpha value is -1.71. The fourth-order valence-corrected chi connectivity index (χ4v) is 4.11. The SMILES string of the molecule is C=C(C(=O)Nc1cc(C(C)(C)COC)no1)S(=O)(=O)C1CCOCC1. The van der Waals surface area contributed by atoms with E-state index in [4.69, 9.17) is 14.0 Å². The van der Waals surface area contributed by atoms with E-state index in [1.807, 2.05) is 13.8 Å². The molecule has 0 saturated carbocycles. The second-order valence-electron chi connectivity index (χ2n) is 6.63. The van der Waals surface area contributed by atoms with Crippen molar-refractivity contribution < 1.29 is 27.2 Å². The first-order chi connectivity index (χ1) is 11.7. The zero-order valence-corrected chi connectivity index (χ0v) is 15.5. The molecule has 2 heterocycles. The summed E-state index contributed by atoms with van der Waals surface area (Å²) >= 11 is 0. The van der Waals surface area contributed by atoms with Gasteiger partial charge in [0.2, 0.25) is 5.88 Å². The second kappa shape index (κ2) is 7.67. The molecule has 0 spiro atoms. The molecule has 0 radical (unpaired) electrons. The summed E-state index contributed by atoms with van der Waals surface area (Å²) in [5, 5.41) is 5.66. The number of nitrogens with one attached hydrogen (secondary N) is 1. The van der Waals surface area contributed by atoms with Gasteiger partial charge in [-0.1, -0.05) is 25.6 Å². The first-order valence-electron chi connectivity index (χ1n) is 7.96. The van der Waals surface area contributed by atoms with Gasteiger partial charge in [0.1, 0.15) is 4.91 Å². The van der Waals surface area contributed by atoms with Gasteiger partial charge in [-0.3, -0.25) is 10.1 Å². The lowest BCUT2D eigenvalue weighted by atomic mass is 9.90. The Morgan fingerprint density at radius 3 is 2.68 bits per heavy atom. The van der Waals surface area contributed by atoms with Gasteiger partial charge in [-0.2, -0.15) is 0 Å². The number of ether oxygens (including phenoxy) is 2. The van der Waals surface area contributed by atoms with Crippen molar-refractivity contribution in [3.8, 4) is 0 Å². The minimum absolute atomic E-state index is 0.0625. The maximum absolute atomic E-state index is 12.5. The molecule has 0 atom stereocenters. The van der Waals surface area contributed by atoms with E-state index in [1.165, 1.54) is 0 Å². The van der Waals surface area contributed by atoms with E-state index in [0.717, 1.165) is 0 Å². The Balaban J connectivity index is 2.06. The van der Waals surface area contributed by atoms with Crippen LogP contribution in [0.4, 0.5) is 5.88 Å². The molecule has 1 N–H and O–H groups in total. The molecular weight excluding hydrogens is 348 g/mol. The molecule has 1 aliphatic heterocycles. The third kappa shape index (κ3) is 4.47. The number of methoxy groups -OCH3 is 1. The van der Waals surface area contributed by atoms with Crippen LogP contribution in [0.25, 0.3) is 0 Å². The summed E-state index contributed by atoms with van der Waals surface area (Å²) < 4.78 is 40.3. The number of carbonyl (C=O) groups excluding carboxylic acids is 1. The van der Waals surface area contributed by atoms with Gasteiger partial charge >= 0.3 is 0 Å². The maximum Gasteiger partial charge on any atom is 0.268 e. The van der Waals surface area contributed by atoms with E-state index in [9.17, 15) is 13.2 Å². The van der Waals surface area contributed by atoms with Crippen LogP contribution >= 0.6 is 0 Å². The summed E-state index contributed by atoms with van der Waals surface area (Å²) in [7, 11) is -2.20. The van der Waals surface area contributed by atoms with Gasteiger partial charge in [0.25, 0.3) is 5.91 Å². The highest BCUT2D eigenvalue weighted by molar-refractivity contribution is 7.96. The topological polar surface area (TPSA) is 108 Å². The Morgan fingerprint density at radius 2 is 2.08 bits per heavy atom. The fraction of sp³-hybridized carbons (Fsp3) is 0.625. The summed E-state index contributed by atoms with van der Waals surface area (Å²) in [5.74, 6) is -0.758. The molecule has 1 amide bonds. The number of sulfone groups is 1. The lowest BCUT2D eigenvalue weighted by Gasteiger charge is -2.22. The van der Waals surface area contributed by atoms with Crippen molar-refractivity contribution in [1.29, 1.82) is 0 Å². The Bertz CT molecular complexity index is 732. The average Bonchev–Trinajstić information content (AvgIpc) is 3.04. The van der Waals surface area contributed by atoms with Crippen molar-refractivity contribution in [1.82, 2.24) is 5.16 Å². The zero-order chi connectivity index (χ0) is 18.7. The molecule has 25 heavy (non-hydrogen) atoms. The number of amides is 1. The van der Waals surface area contributed by atoms with Crippen LogP contribution in [0.2, 0.25) is 0 Å². The summed E-state index contributed by atoms with van der Waals surface area (Å²) in [6.45, 7) is 8.42. The van der Waals surface area contributed by atoms with Gasteiger partial charge in [0, 0.05) is 31.8 Å². The molecule has 0 aromatic carbocycles. The predicted molar refractivity (Wildman–Crippen MR) is 91.9 cm³/mol. The van der Waals surface area contributed by atoms with Crippen molar-refractivity contribution in [2.75, 3.05) is 32.2 Å². The van der Waals surface area contributed by atoms with Crippen LogP contribution in [0.3, 0.4) is 0 Å². The van der Waals surface area contributed by atoms with E-state index in [0.29, 0.717) is 38.4 Å². The van der Waals surface area contributed by atoms with E-state index in [-0.39, 0.29) is 5.88 Å². The molecule has 1 fully saturated rings. The van der Waals surface area contributed by atoms with Gasteiger partial charge in [-0.25, -0.2) is 8.42 Å². The van der Waals surface area contributed by atoms with Gasteiger partial charge in [-0.15, -0.1) is 0 Å². The third-order valence-corrected chi connectivity index (χ3v) is 6.37. The van der Waals surface area contributed by atoms with Crippen LogP contribution < -0.4 is 5.32 Å². The predicted octanol–water partition coefficient (Wildman–Crippen LogP) is 1.64. The molecule has 1 aromatic rings. The number of hydrogen-bond donors (Lipinski definition) is 1. The molecule has 0 unspecified atom stereocenters. The van der Waals surface area contributed by atoms with Crippen molar-refractivity contribution in [2.45, 2.75) is 37.4 Å². The molecular formula is C16H24N2O6S. The summed E-state index contributed by atoms with van der Waals surface area (Å²) in [4.78, 5) is 11.8. The highest BCUT2D eigenvalue weighted by Gasteiger charge is 2.34. The molecule has 1 saturated heterocycles. The van der Waals surface area contributed by atoms with E-state index in [2.05, 4.69) is 17.1 Å². The standard InChI is InChI=1S/C16H24N2O6S/c1-11(25(20,21)12-5-7-23-8-6-12)15(19)17-14-9-13(18-24-14)16(2,3)10-22-4/h9,12H,1,5-8,10H2,2-4H3,(H,17,19). The van der Waals surface area contributed by atoms with Crippen molar-refractivity contribution in [3.63, 3.8) is 0 Å². The number of rotatable bonds is 7. The molecule has 8 nitrogen and oxygen atoms in total. The van der Waals surface area contributed by atoms with E-state index < -0.39 is 31.3 Å². The van der Waals surface area contributed by atoms with Gasteiger partial charge in [0.15, 0.2) is 9.84 Å². The minimum Gasteiger partial charge on any atom is -0.384 e. The van der Waals surface area contributed by atoms with Crippen LogP contribution in [0.15, 0.2) is 22.1 Å². The number of carbonyl (C=O) groups is 1. The van der Waals surface area contributed by atoms with Crippen LogP contribution in [0, 0.1) is 0 Å². The first-order valence-corrected chi connectivity index (χ1v) is 9.51. The molecule has 9 heteroatoms. The number of hydrogen-bond acceptors (Lipinski definition) is 7. The highest BCUT2D eigenvalue weighted by atomic mass is 32.2. The van der Waals surface area contributed by atoms with E-state index >= 15 is 0 Å². The number of aromatic nitrogens is 1. The highest BCUT2D eigenvalue weighted by Crippen LogP contribution is 2.26. The Morgan fingerprint density at radius 1 is 1.44 bits per heavy atom. The van der Waals surface area contributed by atoms with E-state index in [1.54, 1.807) is 13.2 Å². The average molecular weight is 372 g/mol. The fourth-order valence-electron chi connectivity index (χ4n) is 2.59. The third-order valence-electron chi connectivity index (χ3n) is 4.15. The summed E-state index contributed by atoms with van der Waals surface area (Å²) in [5.41, 5.74) is 0.175. The maximum atomic E-state index is 12.5. The first kappa shape index (κ1) is 19.6. The van der Waals surface area contributed by atoms with Gasteiger partial charge < -0.3 is 14.0 Å². The van der Waals surface area contributed by atoms with Gasteiger partial charge in [-0.05, 0) is 12.8 Å². The molecule has 0 bridgehead atoms. The molecule has 1 aliphatic rings. The van der Waals surface area contributed by atoms with Crippen LogP contribution in [-0.4, -0.2) is 51.7 Å². The lowest BCUT2D eigenvalue weighted by Crippen LogP contribution is -2.33. The van der Waals surface area contributed by atoms with Crippen molar-refractivity contribution >= 4 is 21.6 Å². The summed E-state index contributed by atoms with van der Waals surface area (Å²) in [6, 6.07) is 1.55. The molecule has 140 valence electrons. The Labute approximate surface area is 147 Å². The lowest BCUT2D eigenvalue weighted by molar-refractivity contribution is -0.112. The van der Waals surface area contributed by atoms with Crippen LogP contribution in [0.1, 0.15) is 32.4 Å². The number of anilines is 1. The summed E-state index contributed by atoms with van der Waals surface area (Å²) in [6.07, 6.45) is 0.707. The van der Waals surface area contributed by atoms with Crippen molar-refractivity contribution in [2.24, 2.45) is 0 Å².